The fraction of sp³-hybridized carbons (Fsp3) is 0. The number of furan rings is 2. The molecule has 0 aliphatic rings. The molecule has 0 aliphatic heterocycles. The first-order valence-corrected chi connectivity index (χ1v) is 18.8. The molecule has 260 valence electrons. The number of nitrogens with zero attached hydrogens (tertiary/aromatic N) is 4. The molecule has 0 saturated carbocycles. The van der Waals surface area contributed by atoms with E-state index in [1.807, 2.05) is 30.3 Å². The number of fused-ring (bicyclic) bond motifs is 14. The van der Waals surface area contributed by atoms with Crippen LogP contribution in [0.1, 0.15) is 0 Å². The van der Waals surface area contributed by atoms with Crippen LogP contribution in [-0.2, 0) is 0 Å². The second kappa shape index (κ2) is 10.9. The molecule has 0 unspecified atom stereocenters. The van der Waals surface area contributed by atoms with Gasteiger partial charge in [0.05, 0.1) is 22.1 Å². The van der Waals surface area contributed by atoms with Crippen molar-refractivity contribution in [2.45, 2.75) is 0 Å². The Labute approximate surface area is 318 Å². The van der Waals surface area contributed by atoms with Crippen LogP contribution >= 0.6 is 0 Å². The third-order valence-corrected chi connectivity index (χ3v) is 11.5. The summed E-state index contributed by atoms with van der Waals surface area (Å²) >= 11 is 0. The molecule has 6 heteroatoms. The second-order valence-electron chi connectivity index (χ2n) is 14.6. The van der Waals surface area contributed by atoms with E-state index in [9.17, 15) is 0 Å². The summed E-state index contributed by atoms with van der Waals surface area (Å²) in [6, 6.07) is 59.5. The highest BCUT2D eigenvalue weighted by Crippen LogP contribution is 2.42. The van der Waals surface area contributed by atoms with Gasteiger partial charge in [0, 0.05) is 54.3 Å². The summed E-state index contributed by atoms with van der Waals surface area (Å²) < 4.78 is 17.7. The van der Waals surface area contributed by atoms with Crippen LogP contribution in [0.3, 0.4) is 0 Å². The molecular weight excluding hydrogens is 689 g/mol. The molecule has 0 amide bonds. The highest BCUT2D eigenvalue weighted by Gasteiger charge is 2.23. The van der Waals surface area contributed by atoms with Crippen LogP contribution in [0.15, 0.2) is 179 Å². The van der Waals surface area contributed by atoms with Crippen LogP contribution in [-0.4, -0.2) is 19.1 Å². The Morgan fingerprint density at radius 2 is 1.00 bits per heavy atom. The van der Waals surface area contributed by atoms with Gasteiger partial charge in [-0.1, -0.05) is 97.1 Å². The predicted molar refractivity (Wildman–Crippen MR) is 228 cm³/mol. The molecule has 0 aliphatic carbocycles. The second-order valence-corrected chi connectivity index (χ2v) is 14.6. The molecule has 0 radical (unpaired) electrons. The number of hydrogen-bond donors (Lipinski definition) is 0. The van der Waals surface area contributed by atoms with Crippen LogP contribution in [0.4, 0.5) is 0 Å². The maximum atomic E-state index is 6.64. The molecule has 0 fully saturated rings. The number of aromatic nitrogens is 4. The quantitative estimate of drug-likeness (QED) is 0.183. The largest absolute Gasteiger partial charge is 0.455 e. The van der Waals surface area contributed by atoms with Gasteiger partial charge in [-0.2, -0.15) is 0 Å². The number of hydrogen-bond acceptors (Lipinski definition) is 4. The van der Waals surface area contributed by atoms with E-state index >= 15 is 0 Å². The van der Waals surface area contributed by atoms with Gasteiger partial charge in [-0.15, -0.1) is 0 Å². The van der Waals surface area contributed by atoms with Crippen molar-refractivity contribution in [3.8, 4) is 22.9 Å². The summed E-state index contributed by atoms with van der Waals surface area (Å²) in [4.78, 5) is 10.8. The van der Waals surface area contributed by atoms with Crippen LogP contribution < -0.4 is 0 Å². The molecule has 0 spiro atoms. The van der Waals surface area contributed by atoms with E-state index in [1.165, 1.54) is 5.39 Å². The van der Waals surface area contributed by atoms with Gasteiger partial charge in [-0.05, 0) is 78.2 Å². The van der Waals surface area contributed by atoms with Gasteiger partial charge in [0.25, 0.3) is 0 Å². The fourth-order valence-electron chi connectivity index (χ4n) is 9.04. The van der Waals surface area contributed by atoms with E-state index in [0.29, 0.717) is 11.5 Å². The number of benzene rings is 8. The Morgan fingerprint density at radius 1 is 0.375 bits per heavy atom. The van der Waals surface area contributed by atoms with Gasteiger partial charge in [-0.25, -0.2) is 9.97 Å². The zero-order chi connectivity index (χ0) is 36.5. The van der Waals surface area contributed by atoms with Crippen molar-refractivity contribution < 1.29 is 8.83 Å². The Kier molecular flexibility index (Phi) is 5.80. The van der Waals surface area contributed by atoms with Crippen LogP contribution in [0, 0.1) is 0 Å². The summed E-state index contributed by atoms with van der Waals surface area (Å²) in [6.45, 7) is 0. The zero-order valence-corrected chi connectivity index (χ0v) is 29.8. The van der Waals surface area contributed by atoms with Crippen molar-refractivity contribution in [2.75, 3.05) is 0 Å². The van der Waals surface area contributed by atoms with Crippen molar-refractivity contribution in [2.24, 2.45) is 0 Å². The molecule has 0 saturated heterocycles. The summed E-state index contributed by atoms with van der Waals surface area (Å²) in [5.74, 6) is 0.577. The average Bonchev–Trinajstić information content (AvgIpc) is 4.00. The Balaban J connectivity index is 1.13. The van der Waals surface area contributed by atoms with E-state index in [0.717, 1.165) is 104 Å². The molecule has 8 aromatic carbocycles. The minimum atomic E-state index is 0.577. The minimum absolute atomic E-state index is 0.577. The van der Waals surface area contributed by atoms with Gasteiger partial charge in [0.2, 0.25) is 5.95 Å². The summed E-state index contributed by atoms with van der Waals surface area (Å²) in [5.41, 5.74) is 11.1. The summed E-state index contributed by atoms with van der Waals surface area (Å²) in [5, 5.41) is 9.90. The molecule has 0 N–H and O–H groups in total. The topological polar surface area (TPSA) is 61.9 Å². The number of rotatable bonds is 3. The van der Waals surface area contributed by atoms with Crippen LogP contribution in [0.25, 0.3) is 121 Å². The SMILES string of the molecule is c1ccc(-n2c3ccccc3c3cc(-c4nc(-n5c6ccccc6c6cc7ccc8c9ccccc9oc8c7cc65)nc5c4oc4ccccc45)ccc32)cc1. The van der Waals surface area contributed by atoms with Crippen molar-refractivity contribution >= 4 is 98.4 Å². The molecule has 13 rings (SSSR count). The molecule has 5 heterocycles. The monoisotopic (exact) mass is 716 g/mol. The Bertz CT molecular complexity index is 3770. The molecule has 5 aromatic heterocycles. The van der Waals surface area contributed by atoms with Crippen LogP contribution in [0.2, 0.25) is 0 Å². The van der Waals surface area contributed by atoms with Gasteiger partial charge in [0.15, 0.2) is 5.58 Å². The van der Waals surface area contributed by atoms with E-state index in [4.69, 9.17) is 18.8 Å². The van der Waals surface area contributed by atoms with Gasteiger partial charge in [0.1, 0.15) is 28.0 Å². The summed E-state index contributed by atoms with van der Waals surface area (Å²) in [7, 11) is 0. The molecular formula is C50H28N4O2. The first kappa shape index (κ1) is 29.7. The molecule has 0 atom stereocenters. The lowest BCUT2D eigenvalue weighted by atomic mass is 10.0. The Hall–Kier alpha value is -7.70. The average molecular weight is 717 g/mol. The smallest absolute Gasteiger partial charge is 0.236 e. The van der Waals surface area contributed by atoms with Crippen molar-refractivity contribution in [1.29, 1.82) is 0 Å². The lowest BCUT2D eigenvalue weighted by Crippen LogP contribution is -2.03. The van der Waals surface area contributed by atoms with Crippen molar-refractivity contribution in [1.82, 2.24) is 19.1 Å². The van der Waals surface area contributed by atoms with E-state index in [1.54, 1.807) is 0 Å². The van der Waals surface area contributed by atoms with Crippen LogP contribution in [0.5, 0.6) is 0 Å². The van der Waals surface area contributed by atoms with Crippen molar-refractivity contribution in [3.63, 3.8) is 0 Å². The lowest BCUT2D eigenvalue weighted by molar-refractivity contribution is 0.666. The minimum Gasteiger partial charge on any atom is -0.455 e. The van der Waals surface area contributed by atoms with E-state index < -0.39 is 0 Å². The molecule has 6 nitrogen and oxygen atoms in total. The third-order valence-electron chi connectivity index (χ3n) is 11.5. The van der Waals surface area contributed by atoms with Gasteiger partial charge >= 0.3 is 0 Å². The highest BCUT2D eigenvalue weighted by atomic mass is 16.3. The molecule has 13 aromatic rings. The fourth-order valence-corrected chi connectivity index (χ4v) is 9.04. The maximum absolute atomic E-state index is 6.64. The molecule has 0 bridgehead atoms. The number of para-hydroxylation sites is 5. The zero-order valence-electron chi connectivity index (χ0n) is 29.8. The van der Waals surface area contributed by atoms with Gasteiger partial charge < -0.3 is 13.4 Å². The lowest BCUT2D eigenvalue weighted by Gasteiger charge is -2.11. The van der Waals surface area contributed by atoms with E-state index in [2.05, 4.69) is 149 Å². The first-order valence-electron chi connectivity index (χ1n) is 18.8. The Morgan fingerprint density at radius 3 is 1.80 bits per heavy atom. The first-order chi connectivity index (χ1) is 27.8. The van der Waals surface area contributed by atoms with Crippen molar-refractivity contribution in [3.05, 3.63) is 170 Å². The molecule has 56 heavy (non-hydrogen) atoms. The van der Waals surface area contributed by atoms with E-state index in [-0.39, 0.29) is 0 Å². The highest BCUT2D eigenvalue weighted by molar-refractivity contribution is 6.21. The normalized spacial score (nSPS) is 12.3. The predicted octanol–water partition coefficient (Wildman–Crippen LogP) is 13.3. The maximum Gasteiger partial charge on any atom is 0.236 e. The van der Waals surface area contributed by atoms with Gasteiger partial charge in [-0.3, -0.25) is 4.57 Å². The summed E-state index contributed by atoms with van der Waals surface area (Å²) in [6.07, 6.45) is 0. The third kappa shape index (κ3) is 3.99. The standard InChI is InChI=1S/C50H28N4O2/c1-2-12-31(13-3-1)53-40-18-8-4-14-32(40)38-27-30(23-25-42(38)53)46-49-47(36-17-7-11-21-45(36)56-49)52-50(51-46)54-41-19-9-5-15-33(41)39-26-29-22-24-35-34-16-6-10-20-44(34)55-48(35)37(29)28-43(39)54/h1-28H.